The van der Waals surface area contributed by atoms with Gasteiger partial charge in [0, 0.05) is 17.3 Å². The first-order valence-corrected chi connectivity index (χ1v) is 6.75. The van der Waals surface area contributed by atoms with E-state index < -0.39 is 5.97 Å². The summed E-state index contributed by atoms with van der Waals surface area (Å²) in [6.45, 7) is 0.766. The Kier molecular flexibility index (Phi) is 3.31. The maximum Gasteiger partial charge on any atom is 0.337 e. The highest BCUT2D eigenvalue weighted by atomic mass is 16.4. The number of hydrogen-bond acceptors (Lipinski definition) is 3. The lowest BCUT2D eigenvalue weighted by molar-refractivity contribution is 0.0701. The normalized spacial score (nSPS) is 11.4. The molecule has 0 aliphatic rings. The summed E-state index contributed by atoms with van der Waals surface area (Å²) in [5, 5.41) is 11.0. The van der Waals surface area contributed by atoms with Crippen molar-refractivity contribution < 1.29 is 9.90 Å². The Bertz CT molecular complexity index is 841. The van der Waals surface area contributed by atoms with Gasteiger partial charge in [-0.05, 0) is 37.9 Å². The lowest BCUT2D eigenvalue weighted by Crippen LogP contribution is -2.10. The molecule has 0 saturated carbocycles. The maximum absolute atomic E-state index is 11.7. The Morgan fingerprint density at radius 2 is 1.81 bits per heavy atom. The monoisotopic (exact) mass is 280 g/mol. The molecule has 0 unspecified atom stereocenters. The lowest BCUT2D eigenvalue weighted by atomic mass is 10.0. The Morgan fingerprint density at radius 1 is 1.10 bits per heavy atom. The van der Waals surface area contributed by atoms with Crippen molar-refractivity contribution in [2.45, 2.75) is 6.54 Å². The minimum absolute atomic E-state index is 0.330. The summed E-state index contributed by atoms with van der Waals surface area (Å²) in [6.07, 6.45) is 0. The van der Waals surface area contributed by atoms with Gasteiger partial charge in [0.1, 0.15) is 0 Å². The summed E-state index contributed by atoms with van der Waals surface area (Å²) in [6, 6.07) is 13.2. The van der Waals surface area contributed by atoms with Crippen LogP contribution in [0.15, 0.2) is 42.5 Å². The largest absolute Gasteiger partial charge is 0.478 e. The van der Waals surface area contributed by atoms with Crippen LogP contribution in [0, 0.1) is 0 Å². The first kappa shape index (κ1) is 13.5. The fraction of sp³-hybridized carbons (Fsp3) is 0.176. The third-order valence-corrected chi connectivity index (χ3v) is 3.46. The van der Waals surface area contributed by atoms with E-state index in [9.17, 15) is 9.90 Å². The summed E-state index contributed by atoms with van der Waals surface area (Å²) >= 11 is 0. The molecule has 21 heavy (non-hydrogen) atoms. The highest BCUT2D eigenvalue weighted by Gasteiger charge is 2.15. The van der Waals surface area contributed by atoms with Crippen LogP contribution in [-0.4, -0.2) is 35.1 Å². The van der Waals surface area contributed by atoms with Crippen LogP contribution in [0.5, 0.6) is 0 Å². The number of aromatic carboxylic acids is 1. The number of hydrogen-bond donors (Lipinski definition) is 1. The summed E-state index contributed by atoms with van der Waals surface area (Å²) in [5.74, 6) is -0.916. The van der Waals surface area contributed by atoms with Gasteiger partial charge in [0.05, 0.1) is 16.6 Å². The molecule has 3 rings (SSSR count). The van der Waals surface area contributed by atoms with Crippen molar-refractivity contribution in [2.24, 2.45) is 0 Å². The lowest BCUT2D eigenvalue weighted by Gasteiger charge is -2.12. The van der Waals surface area contributed by atoms with Gasteiger partial charge in [-0.25, -0.2) is 9.78 Å². The van der Waals surface area contributed by atoms with Gasteiger partial charge in [0.25, 0.3) is 0 Å². The number of rotatable bonds is 3. The third kappa shape index (κ3) is 2.45. The van der Waals surface area contributed by atoms with E-state index in [1.165, 1.54) is 0 Å². The Labute approximate surface area is 122 Å². The molecular weight excluding hydrogens is 264 g/mol. The zero-order chi connectivity index (χ0) is 15.0. The molecule has 1 aromatic heterocycles. The second-order valence-corrected chi connectivity index (χ2v) is 5.40. The van der Waals surface area contributed by atoms with Crippen LogP contribution in [0.4, 0.5) is 0 Å². The number of benzene rings is 2. The fourth-order valence-corrected chi connectivity index (χ4v) is 2.63. The minimum atomic E-state index is -0.916. The van der Waals surface area contributed by atoms with Crippen LogP contribution >= 0.6 is 0 Å². The highest BCUT2D eigenvalue weighted by Crippen LogP contribution is 2.27. The highest BCUT2D eigenvalue weighted by molar-refractivity contribution is 6.13. The van der Waals surface area contributed by atoms with Crippen molar-refractivity contribution in [2.75, 3.05) is 14.1 Å². The summed E-state index contributed by atoms with van der Waals surface area (Å²) in [5.41, 5.74) is 2.83. The Balaban J connectivity index is 2.36. The van der Waals surface area contributed by atoms with Crippen LogP contribution in [0.3, 0.4) is 0 Å². The van der Waals surface area contributed by atoms with E-state index >= 15 is 0 Å². The Morgan fingerprint density at radius 3 is 2.52 bits per heavy atom. The number of aromatic nitrogens is 1. The molecule has 0 amide bonds. The summed E-state index contributed by atoms with van der Waals surface area (Å²) in [4.78, 5) is 18.3. The molecule has 2 aromatic carbocycles. The molecule has 1 N–H and O–H groups in total. The van der Waals surface area contributed by atoms with E-state index in [1.54, 1.807) is 0 Å². The number of para-hydroxylation sites is 1. The third-order valence-electron chi connectivity index (χ3n) is 3.46. The van der Waals surface area contributed by atoms with E-state index in [1.807, 2.05) is 56.6 Å². The number of carboxylic acids is 1. The van der Waals surface area contributed by atoms with Crippen molar-refractivity contribution in [3.8, 4) is 0 Å². The molecule has 0 radical (unpaired) electrons. The molecule has 0 spiro atoms. The van der Waals surface area contributed by atoms with Gasteiger partial charge in [-0.1, -0.05) is 24.3 Å². The van der Waals surface area contributed by atoms with Crippen molar-refractivity contribution in [1.82, 2.24) is 9.88 Å². The van der Waals surface area contributed by atoms with Gasteiger partial charge in [-0.2, -0.15) is 0 Å². The molecule has 4 heteroatoms. The van der Waals surface area contributed by atoms with Crippen molar-refractivity contribution in [1.29, 1.82) is 0 Å². The molecule has 1 heterocycles. The van der Waals surface area contributed by atoms with Crippen LogP contribution in [-0.2, 0) is 6.54 Å². The molecule has 0 saturated heterocycles. The van der Waals surface area contributed by atoms with Crippen LogP contribution in [0.2, 0.25) is 0 Å². The van der Waals surface area contributed by atoms with Crippen molar-refractivity contribution in [3.05, 3.63) is 53.6 Å². The van der Waals surface area contributed by atoms with E-state index in [-0.39, 0.29) is 0 Å². The van der Waals surface area contributed by atoms with Gasteiger partial charge in [-0.15, -0.1) is 0 Å². The smallest absolute Gasteiger partial charge is 0.337 e. The maximum atomic E-state index is 11.7. The Hall–Kier alpha value is -2.46. The average Bonchev–Trinajstić information content (AvgIpc) is 2.43. The fourth-order valence-electron chi connectivity index (χ4n) is 2.63. The van der Waals surface area contributed by atoms with Gasteiger partial charge in [-0.3, -0.25) is 0 Å². The van der Waals surface area contributed by atoms with Crippen molar-refractivity contribution in [3.63, 3.8) is 0 Å². The second-order valence-electron chi connectivity index (χ2n) is 5.40. The van der Waals surface area contributed by atoms with Gasteiger partial charge >= 0.3 is 5.97 Å². The topological polar surface area (TPSA) is 53.4 Å². The van der Waals surface area contributed by atoms with E-state index in [4.69, 9.17) is 0 Å². The molecule has 0 aliphatic carbocycles. The predicted octanol–water partition coefficient (Wildman–Crippen LogP) is 3.15. The van der Waals surface area contributed by atoms with Gasteiger partial charge < -0.3 is 10.0 Å². The number of carboxylic acid groups (broad SMARTS) is 1. The number of carbonyl (C=O) groups is 1. The summed E-state index contributed by atoms with van der Waals surface area (Å²) in [7, 11) is 3.97. The molecule has 4 nitrogen and oxygen atoms in total. The molecule has 0 atom stereocenters. The minimum Gasteiger partial charge on any atom is -0.478 e. The van der Waals surface area contributed by atoms with Crippen molar-refractivity contribution >= 4 is 27.8 Å². The quantitative estimate of drug-likeness (QED) is 0.749. The molecule has 3 aromatic rings. The molecule has 106 valence electrons. The zero-order valence-electron chi connectivity index (χ0n) is 12.0. The average molecular weight is 280 g/mol. The van der Waals surface area contributed by atoms with Crippen LogP contribution in [0.1, 0.15) is 15.9 Å². The number of nitrogens with zero attached hydrogens (tertiary/aromatic N) is 2. The van der Waals surface area contributed by atoms with Crippen LogP contribution < -0.4 is 0 Å². The zero-order valence-corrected chi connectivity index (χ0v) is 12.0. The van der Waals surface area contributed by atoms with E-state index in [2.05, 4.69) is 9.88 Å². The standard InChI is InChI=1S/C17H16N2O2/c1-19(2)10-11-7-8-15-13(9-11)16(17(20)21)12-5-3-4-6-14(12)18-15/h3-9H,10H2,1-2H3,(H,20,21). The number of fused-ring (bicyclic) bond motifs is 2. The molecule has 0 bridgehead atoms. The molecule has 0 fully saturated rings. The van der Waals surface area contributed by atoms with E-state index in [0.29, 0.717) is 27.4 Å². The molecule has 0 aliphatic heterocycles. The van der Waals surface area contributed by atoms with Gasteiger partial charge in [0.15, 0.2) is 0 Å². The second kappa shape index (κ2) is 5.14. The van der Waals surface area contributed by atoms with Gasteiger partial charge in [0.2, 0.25) is 0 Å². The predicted molar refractivity (Wildman–Crippen MR) is 83.6 cm³/mol. The number of pyridine rings is 1. The SMILES string of the molecule is CN(C)Cc1ccc2nc3ccccc3c(C(=O)O)c2c1. The first-order valence-electron chi connectivity index (χ1n) is 6.75. The first-order chi connectivity index (χ1) is 10.1. The van der Waals surface area contributed by atoms with E-state index in [0.717, 1.165) is 12.1 Å². The summed E-state index contributed by atoms with van der Waals surface area (Å²) < 4.78 is 0. The van der Waals surface area contributed by atoms with Crippen LogP contribution in [0.25, 0.3) is 21.8 Å². The molecular formula is C17H16N2O2.